The van der Waals surface area contributed by atoms with Gasteiger partial charge in [0.1, 0.15) is 11.1 Å². The van der Waals surface area contributed by atoms with Gasteiger partial charge in [0.2, 0.25) is 10.0 Å². The number of sulfonamides is 1. The molecule has 0 radical (unpaired) electrons. The lowest BCUT2D eigenvalue weighted by molar-refractivity contribution is -0.137. The third-order valence-corrected chi connectivity index (χ3v) is 6.63. The lowest BCUT2D eigenvalue weighted by atomic mass is 10.1. The topological polar surface area (TPSA) is 49.4 Å². The first-order valence-electron chi connectivity index (χ1n) is 8.85. The van der Waals surface area contributed by atoms with E-state index in [0.29, 0.717) is 5.69 Å². The Morgan fingerprint density at radius 3 is 2.31 bits per heavy atom. The Kier molecular flexibility index (Phi) is 4.84. The molecule has 0 aromatic heterocycles. The molecule has 8 heteroatoms. The van der Waals surface area contributed by atoms with Gasteiger partial charge in [0, 0.05) is 6.54 Å². The zero-order chi connectivity index (χ0) is 20.6. The molecule has 3 aromatic rings. The lowest BCUT2D eigenvalue weighted by Crippen LogP contribution is -2.42. The number of halogens is 3. The van der Waals surface area contributed by atoms with E-state index in [9.17, 15) is 21.6 Å². The normalized spacial score (nSPS) is 18.7. The fourth-order valence-corrected chi connectivity index (χ4v) is 5.05. The van der Waals surface area contributed by atoms with Crippen LogP contribution in [-0.2, 0) is 22.7 Å². The quantitative estimate of drug-likeness (QED) is 0.650. The van der Waals surface area contributed by atoms with Crippen molar-refractivity contribution in [3.8, 4) is 0 Å². The van der Waals surface area contributed by atoms with Crippen LogP contribution in [0.1, 0.15) is 22.9 Å². The number of hydrogen-bond donors (Lipinski definition) is 1. The minimum atomic E-state index is -4.52. The Hall–Kier alpha value is -2.84. The molecule has 1 heterocycles. The van der Waals surface area contributed by atoms with Crippen LogP contribution in [0.4, 0.5) is 18.9 Å². The van der Waals surface area contributed by atoms with Crippen LogP contribution in [0.2, 0.25) is 0 Å². The van der Waals surface area contributed by atoms with Crippen LogP contribution < -0.4 is 5.32 Å². The van der Waals surface area contributed by atoms with Gasteiger partial charge in [0.15, 0.2) is 0 Å². The molecule has 4 nitrogen and oxygen atoms in total. The molecule has 0 saturated heterocycles. The minimum absolute atomic E-state index is 0.0193. The van der Waals surface area contributed by atoms with Gasteiger partial charge in [-0.15, -0.1) is 0 Å². The Morgan fingerprint density at radius 1 is 0.897 bits per heavy atom. The van der Waals surface area contributed by atoms with Crippen LogP contribution in [0.3, 0.4) is 0 Å². The number of rotatable bonds is 3. The van der Waals surface area contributed by atoms with E-state index in [1.165, 1.54) is 22.5 Å². The van der Waals surface area contributed by atoms with Gasteiger partial charge >= 0.3 is 6.18 Å². The fraction of sp³-hybridized carbons (Fsp3) is 0.143. The molecular formula is C21H17F3N2O2S. The highest BCUT2D eigenvalue weighted by atomic mass is 32.2. The molecular weight excluding hydrogens is 401 g/mol. The molecule has 0 amide bonds. The molecule has 0 bridgehead atoms. The van der Waals surface area contributed by atoms with E-state index in [0.717, 1.165) is 17.7 Å². The number of fused-ring (bicyclic) bond motifs is 1. The summed E-state index contributed by atoms with van der Waals surface area (Å²) in [5.74, 6) is 0. The van der Waals surface area contributed by atoms with Crippen LogP contribution in [0.25, 0.3) is 0 Å². The average molecular weight is 418 g/mol. The van der Waals surface area contributed by atoms with Crippen LogP contribution >= 0.6 is 0 Å². The Balaban J connectivity index is 1.84. The molecule has 1 unspecified atom stereocenters. The number of alkyl halides is 3. The van der Waals surface area contributed by atoms with Crippen molar-refractivity contribution in [1.82, 2.24) is 4.31 Å². The van der Waals surface area contributed by atoms with Crippen molar-refractivity contribution >= 4 is 15.7 Å². The smallest absolute Gasteiger partial charge is 0.364 e. The highest BCUT2D eigenvalue weighted by Gasteiger charge is 2.40. The van der Waals surface area contributed by atoms with Gasteiger partial charge < -0.3 is 5.32 Å². The second-order valence-corrected chi connectivity index (χ2v) is 8.56. The molecule has 4 rings (SSSR count). The van der Waals surface area contributed by atoms with Gasteiger partial charge in [-0.1, -0.05) is 54.6 Å². The summed E-state index contributed by atoms with van der Waals surface area (Å²) in [5, 5.41) is 3.10. The van der Waals surface area contributed by atoms with Crippen LogP contribution in [0.5, 0.6) is 0 Å². The first-order valence-corrected chi connectivity index (χ1v) is 10.3. The Labute approximate surface area is 166 Å². The predicted octanol–water partition coefficient (Wildman–Crippen LogP) is 5.02. The summed E-state index contributed by atoms with van der Waals surface area (Å²) >= 11 is 0. The summed E-state index contributed by atoms with van der Waals surface area (Å²) < 4.78 is 67.5. The number of para-hydroxylation sites is 1. The molecule has 3 aromatic carbocycles. The molecule has 1 aliphatic rings. The summed E-state index contributed by atoms with van der Waals surface area (Å²) in [6.45, 7) is 0.0193. The van der Waals surface area contributed by atoms with Crippen molar-refractivity contribution in [2.75, 3.05) is 5.32 Å². The first kappa shape index (κ1) is 19.5. The standard InChI is InChI=1S/C21H17F3N2O2S/c22-21(23,24)17-10-6-9-16(13-17)20-25-18-11-4-5-12-19(18)29(27,28)26(20)14-15-7-2-1-3-8-15/h1-13,20,25H,14H2. The Morgan fingerprint density at radius 2 is 1.59 bits per heavy atom. The van der Waals surface area contributed by atoms with E-state index >= 15 is 0 Å². The number of nitrogens with zero attached hydrogens (tertiary/aromatic N) is 1. The van der Waals surface area contributed by atoms with Crippen LogP contribution in [0.15, 0.2) is 83.8 Å². The Bertz CT molecular complexity index is 1130. The number of benzene rings is 3. The predicted molar refractivity (Wildman–Crippen MR) is 103 cm³/mol. The molecule has 1 aliphatic heterocycles. The van der Waals surface area contributed by atoms with E-state index in [2.05, 4.69) is 5.32 Å². The monoisotopic (exact) mass is 418 g/mol. The van der Waals surface area contributed by atoms with Gasteiger partial charge in [-0.25, -0.2) is 8.42 Å². The lowest BCUT2D eigenvalue weighted by Gasteiger charge is -2.37. The van der Waals surface area contributed by atoms with Crippen molar-refractivity contribution in [2.24, 2.45) is 0 Å². The van der Waals surface area contributed by atoms with Crippen molar-refractivity contribution in [2.45, 2.75) is 23.8 Å². The molecule has 150 valence electrons. The second kappa shape index (κ2) is 7.20. The molecule has 29 heavy (non-hydrogen) atoms. The van der Waals surface area contributed by atoms with E-state index in [1.54, 1.807) is 42.5 Å². The molecule has 0 aliphatic carbocycles. The summed E-state index contributed by atoms with van der Waals surface area (Å²) in [7, 11) is -3.94. The maximum atomic E-state index is 13.3. The van der Waals surface area contributed by atoms with Gasteiger partial charge in [-0.2, -0.15) is 17.5 Å². The van der Waals surface area contributed by atoms with Gasteiger partial charge in [0.25, 0.3) is 0 Å². The summed E-state index contributed by atoms with van der Waals surface area (Å²) in [4.78, 5) is 0.0964. The highest BCUT2D eigenvalue weighted by Crippen LogP contribution is 2.40. The third-order valence-electron chi connectivity index (χ3n) is 4.76. The maximum absolute atomic E-state index is 13.3. The first-order chi connectivity index (χ1) is 13.8. The van der Waals surface area contributed by atoms with Crippen LogP contribution in [0, 0.1) is 0 Å². The van der Waals surface area contributed by atoms with Gasteiger partial charge in [0.05, 0.1) is 11.3 Å². The van der Waals surface area contributed by atoms with E-state index in [4.69, 9.17) is 0 Å². The minimum Gasteiger partial charge on any atom is -0.364 e. The molecule has 0 saturated carbocycles. The summed E-state index contributed by atoms with van der Waals surface area (Å²) in [6, 6.07) is 20.0. The highest BCUT2D eigenvalue weighted by molar-refractivity contribution is 7.89. The van der Waals surface area contributed by atoms with Crippen molar-refractivity contribution < 1.29 is 21.6 Å². The third kappa shape index (κ3) is 3.73. The molecule has 0 fully saturated rings. The molecule has 0 spiro atoms. The van der Waals surface area contributed by atoms with Crippen LogP contribution in [-0.4, -0.2) is 12.7 Å². The van der Waals surface area contributed by atoms with E-state index < -0.39 is 27.9 Å². The fourth-order valence-electron chi connectivity index (χ4n) is 3.37. The van der Waals surface area contributed by atoms with Crippen molar-refractivity contribution in [3.05, 3.63) is 95.6 Å². The number of hydrogen-bond acceptors (Lipinski definition) is 3. The number of anilines is 1. The molecule has 1 N–H and O–H groups in total. The summed E-state index contributed by atoms with van der Waals surface area (Å²) in [5.41, 5.74) is 0.481. The SMILES string of the molecule is O=S1(=O)c2ccccc2NC(c2cccc(C(F)(F)F)c2)N1Cc1ccccc1. The zero-order valence-electron chi connectivity index (χ0n) is 15.1. The van der Waals surface area contributed by atoms with E-state index in [-0.39, 0.29) is 17.0 Å². The van der Waals surface area contributed by atoms with Crippen molar-refractivity contribution in [1.29, 1.82) is 0 Å². The maximum Gasteiger partial charge on any atom is 0.416 e. The van der Waals surface area contributed by atoms with Gasteiger partial charge in [-0.05, 0) is 35.4 Å². The summed E-state index contributed by atoms with van der Waals surface area (Å²) in [6.07, 6.45) is -5.50. The van der Waals surface area contributed by atoms with Gasteiger partial charge in [-0.3, -0.25) is 0 Å². The zero-order valence-corrected chi connectivity index (χ0v) is 15.9. The largest absolute Gasteiger partial charge is 0.416 e. The number of nitrogens with one attached hydrogen (secondary N) is 1. The van der Waals surface area contributed by atoms with Crippen molar-refractivity contribution in [3.63, 3.8) is 0 Å². The van der Waals surface area contributed by atoms with E-state index in [1.807, 2.05) is 6.07 Å². The average Bonchev–Trinajstić information content (AvgIpc) is 2.70. The molecule has 1 atom stereocenters. The second-order valence-electron chi connectivity index (χ2n) is 6.70.